The van der Waals surface area contributed by atoms with E-state index in [-0.39, 0.29) is 0 Å². The SMILES string of the molecule is CCCCP(CCCC)(CCCC)(CCCC)S(=O)(=O)Oc1ccccc1. The van der Waals surface area contributed by atoms with Crippen molar-refractivity contribution in [1.82, 2.24) is 0 Å². The molecule has 3 nitrogen and oxygen atoms in total. The second-order valence-corrected chi connectivity index (χ2v) is 19.0. The average molecular weight is 417 g/mol. The topological polar surface area (TPSA) is 43.4 Å². The third-order valence-corrected chi connectivity index (χ3v) is 19.6. The predicted octanol–water partition coefficient (Wildman–Crippen LogP) is 7.06. The van der Waals surface area contributed by atoms with E-state index in [9.17, 15) is 8.42 Å². The van der Waals surface area contributed by atoms with Crippen LogP contribution in [0, 0.1) is 0 Å². The van der Waals surface area contributed by atoms with Crippen LogP contribution in [-0.2, 0) is 9.74 Å². The van der Waals surface area contributed by atoms with Gasteiger partial charge in [0.1, 0.15) is 0 Å². The molecule has 0 aromatic heterocycles. The molecule has 0 saturated carbocycles. The molecule has 0 atom stereocenters. The van der Waals surface area contributed by atoms with Crippen LogP contribution in [0.3, 0.4) is 0 Å². The molecule has 0 aliphatic carbocycles. The Balaban J connectivity index is 3.51. The quantitative estimate of drug-likeness (QED) is 0.287. The summed E-state index contributed by atoms with van der Waals surface area (Å²) < 4.78 is 33.9. The van der Waals surface area contributed by atoms with Crippen LogP contribution in [0.15, 0.2) is 30.3 Å². The molecule has 0 unspecified atom stereocenters. The van der Waals surface area contributed by atoms with Crippen LogP contribution in [0.1, 0.15) is 79.1 Å². The van der Waals surface area contributed by atoms with Gasteiger partial charge in [-0.25, -0.2) is 0 Å². The van der Waals surface area contributed by atoms with Gasteiger partial charge in [0.25, 0.3) is 0 Å². The summed E-state index contributed by atoms with van der Waals surface area (Å²) in [6.07, 6.45) is 11.4. The first-order valence-electron chi connectivity index (χ1n) is 10.9. The third-order valence-electron chi connectivity index (χ3n) is 5.89. The van der Waals surface area contributed by atoms with E-state index in [1.807, 2.05) is 18.2 Å². The van der Waals surface area contributed by atoms with E-state index in [1.54, 1.807) is 12.1 Å². The molecule has 0 aliphatic heterocycles. The Kier molecular flexibility index (Phi) is 10.3. The van der Waals surface area contributed by atoms with E-state index >= 15 is 0 Å². The normalized spacial score (nSPS) is 13.9. The van der Waals surface area contributed by atoms with Gasteiger partial charge in [-0.15, -0.1) is 0 Å². The second kappa shape index (κ2) is 11.4. The Hall–Kier alpha value is -0.600. The summed E-state index contributed by atoms with van der Waals surface area (Å²) in [5.41, 5.74) is 0. The molecule has 0 saturated heterocycles. The van der Waals surface area contributed by atoms with Crippen molar-refractivity contribution in [3.63, 3.8) is 0 Å². The maximum atomic E-state index is 14.0. The van der Waals surface area contributed by atoms with Crippen molar-refractivity contribution >= 4 is 15.5 Å². The van der Waals surface area contributed by atoms with Gasteiger partial charge in [0.2, 0.25) is 0 Å². The molecule has 0 fully saturated rings. The minimum atomic E-state index is -3.66. The summed E-state index contributed by atoms with van der Waals surface area (Å²) >= 11 is 0. The van der Waals surface area contributed by atoms with Gasteiger partial charge in [-0.1, -0.05) is 0 Å². The van der Waals surface area contributed by atoms with Gasteiger partial charge in [-0.05, 0) is 0 Å². The molecule has 5 heteroatoms. The van der Waals surface area contributed by atoms with Crippen LogP contribution in [0.25, 0.3) is 0 Å². The zero-order valence-corrected chi connectivity index (χ0v) is 19.7. The van der Waals surface area contributed by atoms with Crippen molar-refractivity contribution < 1.29 is 12.6 Å². The Morgan fingerprint density at radius 3 is 1.41 bits per heavy atom. The van der Waals surface area contributed by atoms with Gasteiger partial charge in [-0.3, -0.25) is 0 Å². The van der Waals surface area contributed by atoms with Crippen LogP contribution in [0.5, 0.6) is 5.75 Å². The third kappa shape index (κ3) is 5.94. The summed E-state index contributed by atoms with van der Waals surface area (Å²) in [5.74, 6) is -2.63. The van der Waals surface area contributed by atoms with Crippen LogP contribution in [0.2, 0.25) is 0 Å². The number of para-hydroxylation sites is 1. The summed E-state index contributed by atoms with van der Waals surface area (Å²) in [6, 6.07) is 9.11. The zero-order chi connectivity index (χ0) is 20.3. The molecule has 0 spiro atoms. The summed E-state index contributed by atoms with van der Waals surface area (Å²) in [4.78, 5) is 0. The Bertz CT molecular complexity index is 585. The number of unbranched alkanes of at least 4 members (excludes halogenated alkanes) is 4. The van der Waals surface area contributed by atoms with Gasteiger partial charge >= 0.3 is 168 Å². The van der Waals surface area contributed by atoms with Gasteiger partial charge in [0.05, 0.1) is 0 Å². The standard InChI is InChI=1S/C22H41O3PS/c1-5-9-18-26(19-10-6-2,20-11-7-3,21-12-8-4)27(23,24)25-22-16-14-13-15-17-22/h13-17H,5-12,18-21H2,1-4H3. The molecule has 1 rings (SSSR count). The first-order chi connectivity index (χ1) is 12.9. The monoisotopic (exact) mass is 416 g/mol. The van der Waals surface area contributed by atoms with Gasteiger partial charge in [0, 0.05) is 0 Å². The molecule has 0 radical (unpaired) electrons. The zero-order valence-electron chi connectivity index (χ0n) is 18.0. The fourth-order valence-corrected chi connectivity index (χ4v) is 16.4. The second-order valence-electron chi connectivity index (χ2n) is 7.99. The van der Waals surface area contributed by atoms with E-state index < -0.39 is 15.5 Å². The van der Waals surface area contributed by atoms with Crippen molar-refractivity contribution in [2.24, 2.45) is 0 Å². The van der Waals surface area contributed by atoms with Crippen LogP contribution in [-0.4, -0.2) is 33.1 Å². The van der Waals surface area contributed by atoms with Gasteiger partial charge < -0.3 is 0 Å². The van der Waals surface area contributed by atoms with E-state index in [0.29, 0.717) is 5.75 Å². The Morgan fingerprint density at radius 2 is 1.07 bits per heavy atom. The molecule has 0 bridgehead atoms. The molecule has 158 valence electrons. The first kappa shape index (κ1) is 24.4. The summed E-state index contributed by atoms with van der Waals surface area (Å²) in [5, 5.41) is 0. The molecule has 0 heterocycles. The molecule has 1 aromatic rings. The van der Waals surface area contributed by atoms with Gasteiger partial charge in [-0.2, -0.15) is 0 Å². The summed E-state index contributed by atoms with van der Waals surface area (Å²) in [6.45, 7) is 8.65. The summed E-state index contributed by atoms with van der Waals surface area (Å²) in [7, 11) is -3.66. The molecule has 0 amide bonds. The fourth-order valence-electron chi connectivity index (χ4n) is 4.05. The van der Waals surface area contributed by atoms with Crippen molar-refractivity contribution in [1.29, 1.82) is 0 Å². The van der Waals surface area contributed by atoms with Crippen molar-refractivity contribution in [3.8, 4) is 5.75 Å². The molecule has 0 N–H and O–H groups in total. The van der Waals surface area contributed by atoms with Crippen molar-refractivity contribution in [3.05, 3.63) is 30.3 Å². The minimum absolute atomic E-state index is 0.465. The fraction of sp³-hybridized carbons (Fsp3) is 0.727. The number of hydrogen-bond acceptors (Lipinski definition) is 3. The van der Waals surface area contributed by atoms with Crippen LogP contribution in [0.4, 0.5) is 0 Å². The van der Waals surface area contributed by atoms with Crippen LogP contribution < -0.4 is 4.18 Å². The van der Waals surface area contributed by atoms with E-state index in [2.05, 4.69) is 27.7 Å². The molecule has 1 aromatic carbocycles. The van der Waals surface area contributed by atoms with Crippen LogP contribution >= 0.6 is 5.81 Å². The van der Waals surface area contributed by atoms with E-state index in [0.717, 1.165) is 76.0 Å². The number of hydrogen-bond donors (Lipinski definition) is 0. The number of benzene rings is 1. The maximum absolute atomic E-state index is 14.0. The van der Waals surface area contributed by atoms with Gasteiger partial charge in [0.15, 0.2) is 0 Å². The molecular formula is C22H41O3PS. The van der Waals surface area contributed by atoms with Crippen molar-refractivity contribution in [2.45, 2.75) is 79.1 Å². The molecular weight excluding hydrogens is 375 g/mol. The van der Waals surface area contributed by atoms with E-state index in [1.165, 1.54) is 0 Å². The van der Waals surface area contributed by atoms with E-state index in [4.69, 9.17) is 4.18 Å². The average Bonchev–Trinajstić information content (AvgIpc) is 2.67. The number of rotatable bonds is 15. The predicted molar refractivity (Wildman–Crippen MR) is 122 cm³/mol. The molecule has 0 aliphatic rings. The first-order valence-corrected chi connectivity index (χ1v) is 15.9. The molecule has 27 heavy (non-hydrogen) atoms. The Morgan fingerprint density at radius 1 is 0.704 bits per heavy atom. The van der Waals surface area contributed by atoms with Crippen molar-refractivity contribution in [2.75, 3.05) is 24.6 Å². The Labute approximate surface area is 168 Å².